The van der Waals surface area contributed by atoms with Gasteiger partial charge in [0.25, 0.3) is 0 Å². The molecule has 5 rings (SSSR count). The smallest absolute Gasteiger partial charge is 0.0535 e. The van der Waals surface area contributed by atoms with Crippen LogP contribution in [0.4, 0.5) is 0 Å². The second-order valence-corrected chi connectivity index (χ2v) is 7.60. The minimum Gasteiger partial charge on any atom is -0.343 e. The van der Waals surface area contributed by atoms with Gasteiger partial charge in [-0.15, -0.1) is 11.3 Å². The third-order valence-corrected chi connectivity index (χ3v) is 6.37. The van der Waals surface area contributed by atoms with Crippen LogP contribution < -0.4 is 0 Å². The average molecular weight is 329 g/mol. The van der Waals surface area contributed by atoms with Crippen molar-refractivity contribution in [3.05, 3.63) is 60.2 Å². The molecule has 3 aromatic carbocycles. The SMILES string of the molecule is CCCc1c2sc3ccccc3c2cc2c3ccccc3n(C)c12. The zero-order valence-corrected chi connectivity index (χ0v) is 14.8. The number of benzene rings is 3. The van der Waals surface area contributed by atoms with Gasteiger partial charge < -0.3 is 4.57 Å². The first-order chi connectivity index (χ1) is 11.8. The van der Waals surface area contributed by atoms with Gasteiger partial charge in [-0.05, 0) is 30.2 Å². The molecule has 0 aliphatic carbocycles. The van der Waals surface area contributed by atoms with E-state index in [1.54, 1.807) is 0 Å². The number of para-hydroxylation sites is 1. The van der Waals surface area contributed by atoms with E-state index in [9.17, 15) is 0 Å². The van der Waals surface area contributed by atoms with Crippen molar-refractivity contribution in [2.75, 3.05) is 0 Å². The number of aryl methyl sites for hydroxylation is 2. The Balaban J connectivity index is 2.09. The normalized spacial score (nSPS) is 12.1. The van der Waals surface area contributed by atoms with Gasteiger partial charge in [0.05, 0.1) is 5.52 Å². The van der Waals surface area contributed by atoms with E-state index < -0.39 is 0 Å². The number of thiophene rings is 1. The number of rotatable bonds is 2. The largest absolute Gasteiger partial charge is 0.343 e. The summed E-state index contributed by atoms with van der Waals surface area (Å²) in [5.74, 6) is 0. The first-order valence-electron chi connectivity index (χ1n) is 8.60. The van der Waals surface area contributed by atoms with Crippen LogP contribution in [0.3, 0.4) is 0 Å². The second kappa shape index (κ2) is 5.09. The Morgan fingerprint density at radius 3 is 2.46 bits per heavy atom. The van der Waals surface area contributed by atoms with Crippen LogP contribution in [0.15, 0.2) is 54.6 Å². The Bertz CT molecular complexity index is 1220. The highest BCUT2D eigenvalue weighted by atomic mass is 32.1. The summed E-state index contributed by atoms with van der Waals surface area (Å²) in [6.45, 7) is 2.28. The first kappa shape index (κ1) is 14.1. The van der Waals surface area contributed by atoms with E-state index >= 15 is 0 Å². The molecule has 0 N–H and O–H groups in total. The van der Waals surface area contributed by atoms with Crippen LogP contribution in [0.5, 0.6) is 0 Å². The molecule has 0 unspecified atom stereocenters. The molecule has 0 aliphatic rings. The molecule has 0 saturated carbocycles. The van der Waals surface area contributed by atoms with Crippen LogP contribution in [-0.2, 0) is 13.5 Å². The van der Waals surface area contributed by atoms with Crippen molar-refractivity contribution in [1.82, 2.24) is 4.57 Å². The molecular weight excluding hydrogens is 310 g/mol. The molecule has 0 saturated heterocycles. The molecule has 118 valence electrons. The lowest BCUT2D eigenvalue weighted by Gasteiger charge is -2.07. The topological polar surface area (TPSA) is 4.93 Å². The van der Waals surface area contributed by atoms with Gasteiger partial charge in [0.15, 0.2) is 0 Å². The van der Waals surface area contributed by atoms with Gasteiger partial charge in [0, 0.05) is 43.5 Å². The number of fused-ring (bicyclic) bond motifs is 6. The van der Waals surface area contributed by atoms with Gasteiger partial charge in [-0.2, -0.15) is 0 Å². The van der Waals surface area contributed by atoms with Crippen molar-refractivity contribution in [1.29, 1.82) is 0 Å². The van der Waals surface area contributed by atoms with Crippen molar-refractivity contribution in [3.8, 4) is 0 Å². The summed E-state index contributed by atoms with van der Waals surface area (Å²) in [7, 11) is 2.21. The highest BCUT2D eigenvalue weighted by Gasteiger charge is 2.17. The molecule has 2 heterocycles. The van der Waals surface area contributed by atoms with Crippen molar-refractivity contribution in [2.45, 2.75) is 19.8 Å². The number of hydrogen-bond acceptors (Lipinski definition) is 1. The zero-order chi connectivity index (χ0) is 16.3. The van der Waals surface area contributed by atoms with Crippen molar-refractivity contribution in [3.63, 3.8) is 0 Å². The standard InChI is InChI=1S/C22H19NS/c1-3-8-16-21-17(14-9-4-6-11-19(14)23(21)2)13-18-15-10-5-7-12-20(15)24-22(16)18/h4-7,9-13H,3,8H2,1-2H3. The lowest BCUT2D eigenvalue weighted by atomic mass is 10.0. The summed E-state index contributed by atoms with van der Waals surface area (Å²) in [4.78, 5) is 0. The van der Waals surface area contributed by atoms with E-state index in [1.165, 1.54) is 54.0 Å². The number of aromatic nitrogens is 1. The fourth-order valence-corrected chi connectivity index (χ4v) is 5.36. The van der Waals surface area contributed by atoms with Crippen LogP contribution >= 0.6 is 11.3 Å². The van der Waals surface area contributed by atoms with Crippen molar-refractivity contribution < 1.29 is 0 Å². The highest BCUT2D eigenvalue weighted by Crippen LogP contribution is 2.42. The molecule has 2 aromatic heterocycles. The first-order valence-corrected chi connectivity index (χ1v) is 9.41. The molecular formula is C22H19NS. The van der Waals surface area contributed by atoms with Gasteiger partial charge >= 0.3 is 0 Å². The molecule has 24 heavy (non-hydrogen) atoms. The average Bonchev–Trinajstić information content (AvgIpc) is 3.12. The number of nitrogens with zero attached hydrogens (tertiary/aromatic N) is 1. The Hall–Kier alpha value is -2.32. The molecule has 0 bridgehead atoms. The Morgan fingerprint density at radius 1 is 0.875 bits per heavy atom. The summed E-state index contributed by atoms with van der Waals surface area (Å²) in [5.41, 5.74) is 4.26. The molecule has 0 aliphatic heterocycles. The van der Waals surface area contributed by atoms with E-state index in [2.05, 4.69) is 73.1 Å². The van der Waals surface area contributed by atoms with Crippen LogP contribution in [0.1, 0.15) is 18.9 Å². The molecule has 0 amide bonds. The van der Waals surface area contributed by atoms with E-state index in [4.69, 9.17) is 0 Å². The zero-order valence-electron chi connectivity index (χ0n) is 14.0. The quantitative estimate of drug-likeness (QED) is 0.341. The fourth-order valence-electron chi connectivity index (χ4n) is 4.10. The van der Waals surface area contributed by atoms with Gasteiger partial charge in [-0.1, -0.05) is 49.7 Å². The minimum absolute atomic E-state index is 1.13. The lowest BCUT2D eigenvalue weighted by Crippen LogP contribution is -1.93. The maximum absolute atomic E-state index is 2.42. The summed E-state index contributed by atoms with van der Waals surface area (Å²) in [5, 5.41) is 5.57. The van der Waals surface area contributed by atoms with Crippen molar-refractivity contribution >= 4 is 53.3 Å². The summed E-state index contributed by atoms with van der Waals surface area (Å²) in [6.07, 6.45) is 2.30. The Kier molecular flexibility index (Phi) is 2.98. The molecule has 0 atom stereocenters. The van der Waals surface area contributed by atoms with Gasteiger partial charge in [0.1, 0.15) is 0 Å². The minimum atomic E-state index is 1.13. The highest BCUT2D eigenvalue weighted by molar-refractivity contribution is 7.26. The maximum Gasteiger partial charge on any atom is 0.0535 e. The molecule has 0 radical (unpaired) electrons. The predicted octanol–water partition coefficient (Wildman–Crippen LogP) is 6.65. The maximum atomic E-state index is 2.42. The van der Waals surface area contributed by atoms with Gasteiger partial charge in [-0.3, -0.25) is 0 Å². The molecule has 0 fully saturated rings. The Morgan fingerprint density at radius 2 is 1.62 bits per heavy atom. The third kappa shape index (κ3) is 1.75. The van der Waals surface area contributed by atoms with Crippen LogP contribution in [0.2, 0.25) is 0 Å². The van der Waals surface area contributed by atoms with E-state index in [1.807, 2.05) is 11.3 Å². The molecule has 1 nitrogen and oxygen atoms in total. The lowest BCUT2D eigenvalue weighted by molar-refractivity contribution is 0.920. The summed E-state index contributed by atoms with van der Waals surface area (Å²) >= 11 is 1.95. The van der Waals surface area contributed by atoms with E-state index in [-0.39, 0.29) is 0 Å². The molecule has 0 spiro atoms. The monoisotopic (exact) mass is 329 g/mol. The van der Waals surface area contributed by atoms with Crippen LogP contribution in [-0.4, -0.2) is 4.57 Å². The molecule has 2 heteroatoms. The number of hydrogen-bond donors (Lipinski definition) is 0. The Labute approximate surface area is 145 Å². The van der Waals surface area contributed by atoms with Crippen LogP contribution in [0.25, 0.3) is 42.0 Å². The molecule has 5 aromatic rings. The van der Waals surface area contributed by atoms with E-state index in [0.29, 0.717) is 0 Å². The second-order valence-electron chi connectivity index (χ2n) is 6.55. The van der Waals surface area contributed by atoms with Crippen molar-refractivity contribution in [2.24, 2.45) is 7.05 Å². The fraction of sp³-hybridized carbons (Fsp3) is 0.182. The predicted molar refractivity (Wildman–Crippen MR) is 107 cm³/mol. The third-order valence-electron chi connectivity index (χ3n) is 5.13. The van der Waals surface area contributed by atoms with Crippen LogP contribution in [0, 0.1) is 0 Å². The van der Waals surface area contributed by atoms with Gasteiger partial charge in [0.2, 0.25) is 0 Å². The summed E-state index contributed by atoms with van der Waals surface area (Å²) < 4.78 is 5.25. The van der Waals surface area contributed by atoms with E-state index in [0.717, 1.165) is 6.42 Å². The van der Waals surface area contributed by atoms with Gasteiger partial charge in [-0.25, -0.2) is 0 Å². The summed E-state index contributed by atoms with van der Waals surface area (Å²) in [6, 6.07) is 20.0.